The fourth-order valence-electron chi connectivity index (χ4n) is 1.24. The molecule has 0 aromatic carbocycles. The Balaban J connectivity index is 1.79. The predicted molar refractivity (Wildman–Crippen MR) is 63.5 cm³/mol. The standard InChI is InChI=1S/C10H12ClN3OS/c1-2-7-3-13-9(15-7)5-12-6-10-14-4-8(11)16-10/h3-4,12H,2,5-6H2,1H3. The van der Waals surface area contributed by atoms with Crippen molar-refractivity contribution in [2.45, 2.75) is 26.4 Å². The largest absolute Gasteiger partial charge is 0.444 e. The zero-order valence-electron chi connectivity index (χ0n) is 8.86. The van der Waals surface area contributed by atoms with Crippen LogP contribution < -0.4 is 5.32 Å². The summed E-state index contributed by atoms with van der Waals surface area (Å²) in [6, 6.07) is 0. The van der Waals surface area contributed by atoms with Gasteiger partial charge in [0.2, 0.25) is 5.89 Å². The lowest BCUT2D eigenvalue weighted by atomic mass is 10.4. The smallest absolute Gasteiger partial charge is 0.208 e. The second-order valence-electron chi connectivity index (χ2n) is 3.24. The molecule has 0 unspecified atom stereocenters. The summed E-state index contributed by atoms with van der Waals surface area (Å²) in [5, 5.41) is 4.17. The molecule has 0 amide bonds. The van der Waals surface area contributed by atoms with Crippen LogP contribution in [0.2, 0.25) is 4.34 Å². The summed E-state index contributed by atoms with van der Waals surface area (Å²) in [6.45, 7) is 3.33. The van der Waals surface area contributed by atoms with Gasteiger partial charge in [-0.3, -0.25) is 0 Å². The van der Waals surface area contributed by atoms with Crippen molar-refractivity contribution in [1.82, 2.24) is 15.3 Å². The Morgan fingerprint density at radius 3 is 2.88 bits per heavy atom. The number of rotatable bonds is 5. The number of aromatic nitrogens is 2. The van der Waals surface area contributed by atoms with Gasteiger partial charge in [0.05, 0.1) is 18.9 Å². The van der Waals surface area contributed by atoms with E-state index in [-0.39, 0.29) is 0 Å². The van der Waals surface area contributed by atoms with Gasteiger partial charge in [-0.1, -0.05) is 18.5 Å². The third-order valence-electron chi connectivity index (χ3n) is 2.03. The molecule has 0 aliphatic rings. The molecule has 0 aliphatic carbocycles. The topological polar surface area (TPSA) is 51.0 Å². The zero-order chi connectivity index (χ0) is 11.4. The number of hydrogen-bond donors (Lipinski definition) is 1. The average Bonchev–Trinajstić information content (AvgIpc) is 2.88. The van der Waals surface area contributed by atoms with Gasteiger partial charge in [-0.05, 0) is 0 Å². The highest BCUT2D eigenvalue weighted by Crippen LogP contribution is 2.17. The lowest BCUT2D eigenvalue weighted by Crippen LogP contribution is -2.12. The molecule has 0 spiro atoms. The van der Waals surface area contributed by atoms with E-state index in [1.165, 1.54) is 11.3 Å². The maximum Gasteiger partial charge on any atom is 0.208 e. The number of nitrogens with one attached hydrogen (secondary N) is 1. The van der Waals surface area contributed by atoms with Gasteiger partial charge in [0.25, 0.3) is 0 Å². The van der Waals surface area contributed by atoms with E-state index in [0.717, 1.165) is 17.2 Å². The van der Waals surface area contributed by atoms with Crippen LogP contribution in [0.3, 0.4) is 0 Å². The lowest BCUT2D eigenvalue weighted by Gasteiger charge is -1.97. The van der Waals surface area contributed by atoms with Crippen LogP contribution in [0.15, 0.2) is 16.8 Å². The normalized spacial score (nSPS) is 10.9. The highest BCUT2D eigenvalue weighted by molar-refractivity contribution is 7.15. The molecule has 0 fully saturated rings. The highest BCUT2D eigenvalue weighted by Gasteiger charge is 2.03. The molecule has 0 radical (unpaired) electrons. The Labute approximate surface area is 103 Å². The number of halogens is 1. The van der Waals surface area contributed by atoms with E-state index < -0.39 is 0 Å². The van der Waals surface area contributed by atoms with Crippen molar-refractivity contribution in [1.29, 1.82) is 0 Å². The summed E-state index contributed by atoms with van der Waals surface area (Å²) < 4.78 is 6.17. The number of hydrogen-bond acceptors (Lipinski definition) is 5. The van der Waals surface area contributed by atoms with E-state index in [1.807, 2.05) is 6.92 Å². The molecule has 2 aromatic heterocycles. The lowest BCUT2D eigenvalue weighted by molar-refractivity contribution is 0.439. The number of aryl methyl sites for hydroxylation is 1. The zero-order valence-corrected chi connectivity index (χ0v) is 10.4. The summed E-state index contributed by atoms with van der Waals surface area (Å²) in [5.74, 6) is 1.62. The van der Waals surface area contributed by atoms with Gasteiger partial charge >= 0.3 is 0 Å². The van der Waals surface area contributed by atoms with Crippen LogP contribution in [-0.4, -0.2) is 9.97 Å². The summed E-state index contributed by atoms with van der Waals surface area (Å²) in [7, 11) is 0. The van der Waals surface area contributed by atoms with Gasteiger partial charge in [0.1, 0.15) is 15.1 Å². The maximum absolute atomic E-state index is 5.78. The van der Waals surface area contributed by atoms with Crippen molar-refractivity contribution < 1.29 is 4.42 Å². The molecule has 2 heterocycles. The molecule has 6 heteroatoms. The molecule has 86 valence electrons. The van der Waals surface area contributed by atoms with Crippen LogP contribution in [0, 0.1) is 0 Å². The van der Waals surface area contributed by atoms with Crippen LogP contribution in [0.5, 0.6) is 0 Å². The number of thiazole rings is 1. The molecule has 0 atom stereocenters. The second kappa shape index (κ2) is 5.43. The van der Waals surface area contributed by atoms with Gasteiger partial charge in [-0.15, -0.1) is 11.3 Å². The molecule has 16 heavy (non-hydrogen) atoms. The van der Waals surface area contributed by atoms with E-state index in [9.17, 15) is 0 Å². The fourth-order valence-corrected chi connectivity index (χ4v) is 2.17. The first-order valence-electron chi connectivity index (χ1n) is 5.02. The minimum atomic E-state index is 0.608. The molecular weight excluding hydrogens is 246 g/mol. The molecule has 1 N–H and O–H groups in total. The van der Waals surface area contributed by atoms with E-state index in [2.05, 4.69) is 15.3 Å². The Morgan fingerprint density at radius 2 is 2.25 bits per heavy atom. The quantitative estimate of drug-likeness (QED) is 0.895. The molecule has 0 saturated carbocycles. The van der Waals surface area contributed by atoms with E-state index in [0.29, 0.717) is 23.3 Å². The Morgan fingerprint density at radius 1 is 1.38 bits per heavy atom. The third kappa shape index (κ3) is 3.04. The van der Waals surface area contributed by atoms with Crippen LogP contribution in [0.1, 0.15) is 23.6 Å². The van der Waals surface area contributed by atoms with Crippen molar-refractivity contribution in [3.05, 3.63) is 33.4 Å². The van der Waals surface area contributed by atoms with E-state index in [4.69, 9.17) is 16.0 Å². The van der Waals surface area contributed by atoms with E-state index in [1.54, 1.807) is 12.4 Å². The van der Waals surface area contributed by atoms with Crippen LogP contribution in [0.4, 0.5) is 0 Å². The van der Waals surface area contributed by atoms with Crippen molar-refractivity contribution in [3.8, 4) is 0 Å². The van der Waals surface area contributed by atoms with Crippen molar-refractivity contribution in [2.24, 2.45) is 0 Å². The molecular formula is C10H12ClN3OS. The van der Waals surface area contributed by atoms with Gasteiger partial charge in [-0.2, -0.15) is 0 Å². The molecule has 4 nitrogen and oxygen atoms in total. The monoisotopic (exact) mass is 257 g/mol. The summed E-state index contributed by atoms with van der Waals surface area (Å²) in [6.07, 6.45) is 4.29. The maximum atomic E-state index is 5.78. The van der Waals surface area contributed by atoms with Gasteiger partial charge < -0.3 is 9.73 Å². The number of oxazole rings is 1. The Bertz CT molecular complexity index is 454. The van der Waals surface area contributed by atoms with Crippen LogP contribution >= 0.6 is 22.9 Å². The molecule has 0 bridgehead atoms. The summed E-state index contributed by atoms with van der Waals surface area (Å²) >= 11 is 7.25. The molecule has 0 saturated heterocycles. The highest BCUT2D eigenvalue weighted by atomic mass is 35.5. The van der Waals surface area contributed by atoms with Crippen LogP contribution in [0.25, 0.3) is 0 Å². The SMILES string of the molecule is CCc1cnc(CNCc2ncc(Cl)s2)o1. The van der Waals surface area contributed by atoms with Crippen molar-refractivity contribution in [2.75, 3.05) is 0 Å². The van der Waals surface area contributed by atoms with Gasteiger partial charge in [-0.25, -0.2) is 9.97 Å². The summed E-state index contributed by atoms with van der Waals surface area (Å²) in [4.78, 5) is 8.29. The number of nitrogens with zero attached hydrogens (tertiary/aromatic N) is 2. The summed E-state index contributed by atoms with van der Waals surface area (Å²) in [5.41, 5.74) is 0. The van der Waals surface area contributed by atoms with Gasteiger partial charge in [0, 0.05) is 13.0 Å². The Kier molecular flexibility index (Phi) is 3.93. The molecule has 2 rings (SSSR count). The Hall–Kier alpha value is -0.910. The first-order chi connectivity index (χ1) is 7.78. The second-order valence-corrected chi connectivity index (χ2v) is 4.98. The van der Waals surface area contributed by atoms with Crippen molar-refractivity contribution >= 4 is 22.9 Å². The average molecular weight is 258 g/mol. The molecule has 0 aliphatic heterocycles. The first kappa shape index (κ1) is 11.6. The van der Waals surface area contributed by atoms with Crippen LogP contribution in [-0.2, 0) is 19.5 Å². The predicted octanol–water partition coefficient (Wildman–Crippen LogP) is 2.64. The van der Waals surface area contributed by atoms with Gasteiger partial charge in [0.15, 0.2) is 0 Å². The molecule has 2 aromatic rings. The minimum Gasteiger partial charge on any atom is -0.444 e. The van der Waals surface area contributed by atoms with E-state index >= 15 is 0 Å². The van der Waals surface area contributed by atoms with Crippen molar-refractivity contribution in [3.63, 3.8) is 0 Å². The first-order valence-corrected chi connectivity index (χ1v) is 6.22. The fraction of sp³-hybridized carbons (Fsp3) is 0.400. The minimum absolute atomic E-state index is 0.608. The third-order valence-corrected chi connectivity index (χ3v) is 3.14.